The number of hydrogen-bond donors (Lipinski definition) is 0. The summed E-state index contributed by atoms with van der Waals surface area (Å²) in [6, 6.07) is 10.2. The molecule has 1 atom stereocenters. The van der Waals surface area contributed by atoms with Crippen LogP contribution in [-0.4, -0.2) is 42.6 Å². The zero-order chi connectivity index (χ0) is 22.0. The van der Waals surface area contributed by atoms with E-state index in [-0.39, 0.29) is 34.1 Å². The standard InChI is InChI=1S/C21H21ClFN3O4S/c1-2-29-19-10-9-17(12-18(19)22)31(27,28)26-11-3-4-15(13-26)21-25-24-20(30-21)14-5-7-16(23)8-6-14/h5-10,12,15H,2-4,11,13H2,1H3/t15-/m1/s1. The van der Waals surface area contributed by atoms with Crippen molar-refractivity contribution >= 4 is 21.6 Å². The molecule has 1 saturated heterocycles. The fourth-order valence-corrected chi connectivity index (χ4v) is 5.39. The molecule has 3 aromatic rings. The molecule has 2 heterocycles. The molecule has 0 saturated carbocycles. The molecule has 1 aliphatic rings. The molecule has 4 rings (SSSR count). The van der Waals surface area contributed by atoms with Crippen molar-refractivity contribution in [1.82, 2.24) is 14.5 Å². The van der Waals surface area contributed by atoms with E-state index in [0.29, 0.717) is 36.8 Å². The second-order valence-electron chi connectivity index (χ2n) is 7.18. The van der Waals surface area contributed by atoms with Crippen molar-refractivity contribution in [2.75, 3.05) is 19.7 Å². The van der Waals surface area contributed by atoms with Gasteiger partial charge < -0.3 is 9.15 Å². The topological polar surface area (TPSA) is 85.5 Å². The summed E-state index contributed by atoms with van der Waals surface area (Å²) >= 11 is 6.18. The molecule has 1 aliphatic heterocycles. The van der Waals surface area contributed by atoms with Gasteiger partial charge in [0.05, 0.1) is 22.4 Å². The van der Waals surface area contributed by atoms with Crippen LogP contribution in [0.5, 0.6) is 5.75 Å². The minimum absolute atomic E-state index is 0.110. The van der Waals surface area contributed by atoms with Crippen LogP contribution in [0.15, 0.2) is 51.8 Å². The van der Waals surface area contributed by atoms with E-state index in [1.807, 2.05) is 6.92 Å². The predicted octanol–water partition coefficient (Wildman–Crippen LogP) is 4.50. The van der Waals surface area contributed by atoms with Gasteiger partial charge in [-0.1, -0.05) is 11.6 Å². The van der Waals surface area contributed by atoms with Crippen molar-refractivity contribution in [3.63, 3.8) is 0 Å². The van der Waals surface area contributed by atoms with E-state index in [1.54, 1.807) is 18.2 Å². The smallest absolute Gasteiger partial charge is 0.247 e. The lowest BCUT2D eigenvalue weighted by molar-refractivity contribution is 0.286. The van der Waals surface area contributed by atoms with Gasteiger partial charge in [0.1, 0.15) is 11.6 Å². The van der Waals surface area contributed by atoms with Gasteiger partial charge >= 0.3 is 0 Å². The molecule has 0 aliphatic carbocycles. The average molecular weight is 466 g/mol. The summed E-state index contributed by atoms with van der Waals surface area (Å²) in [5.74, 6) is 0.491. The van der Waals surface area contributed by atoms with E-state index >= 15 is 0 Å². The molecule has 7 nitrogen and oxygen atoms in total. The van der Waals surface area contributed by atoms with Gasteiger partial charge in [0.15, 0.2) is 0 Å². The van der Waals surface area contributed by atoms with Crippen LogP contribution in [0.1, 0.15) is 31.6 Å². The highest BCUT2D eigenvalue weighted by Crippen LogP contribution is 2.33. The first-order chi connectivity index (χ1) is 14.9. The van der Waals surface area contributed by atoms with Crippen LogP contribution in [-0.2, 0) is 10.0 Å². The second-order valence-corrected chi connectivity index (χ2v) is 9.52. The lowest BCUT2D eigenvalue weighted by Gasteiger charge is -2.30. The molecule has 0 amide bonds. The van der Waals surface area contributed by atoms with Crippen molar-refractivity contribution in [2.45, 2.75) is 30.6 Å². The summed E-state index contributed by atoms with van der Waals surface area (Å²) in [7, 11) is -3.75. The zero-order valence-electron chi connectivity index (χ0n) is 16.8. The van der Waals surface area contributed by atoms with E-state index in [1.165, 1.54) is 28.6 Å². The third-order valence-electron chi connectivity index (χ3n) is 5.11. The van der Waals surface area contributed by atoms with Gasteiger partial charge in [-0.05, 0) is 62.2 Å². The quantitative estimate of drug-likeness (QED) is 0.533. The molecule has 1 fully saturated rings. The van der Waals surface area contributed by atoms with Crippen LogP contribution >= 0.6 is 11.6 Å². The minimum Gasteiger partial charge on any atom is -0.492 e. The summed E-state index contributed by atoms with van der Waals surface area (Å²) in [5.41, 5.74) is 0.601. The van der Waals surface area contributed by atoms with Gasteiger partial charge in [-0.2, -0.15) is 4.31 Å². The Balaban J connectivity index is 1.53. The summed E-state index contributed by atoms with van der Waals surface area (Å²) < 4.78 is 52.0. The second kappa shape index (κ2) is 8.94. The molecular weight excluding hydrogens is 445 g/mol. The Morgan fingerprint density at radius 1 is 1.23 bits per heavy atom. The van der Waals surface area contributed by atoms with Gasteiger partial charge in [0.2, 0.25) is 21.8 Å². The molecule has 31 heavy (non-hydrogen) atoms. The molecule has 0 N–H and O–H groups in total. The minimum atomic E-state index is -3.75. The van der Waals surface area contributed by atoms with E-state index in [0.717, 1.165) is 6.42 Å². The molecule has 164 valence electrons. The maximum atomic E-state index is 13.2. The van der Waals surface area contributed by atoms with E-state index in [2.05, 4.69) is 10.2 Å². The molecule has 0 unspecified atom stereocenters. The highest BCUT2D eigenvalue weighted by Gasteiger charge is 2.33. The summed E-state index contributed by atoms with van der Waals surface area (Å²) in [6.07, 6.45) is 1.38. The fourth-order valence-electron chi connectivity index (χ4n) is 3.53. The number of rotatable bonds is 6. The first-order valence-electron chi connectivity index (χ1n) is 9.90. The molecule has 10 heteroatoms. The number of halogens is 2. The first-order valence-corrected chi connectivity index (χ1v) is 11.7. The number of benzene rings is 2. The Labute approximate surface area is 184 Å². The van der Waals surface area contributed by atoms with Crippen molar-refractivity contribution in [3.05, 3.63) is 59.2 Å². The van der Waals surface area contributed by atoms with E-state index in [4.69, 9.17) is 20.8 Å². The Kier molecular flexibility index (Phi) is 6.27. The van der Waals surface area contributed by atoms with E-state index < -0.39 is 10.0 Å². The molecular formula is C21H21ClFN3O4S. The van der Waals surface area contributed by atoms with Crippen molar-refractivity contribution in [3.8, 4) is 17.2 Å². The molecule has 0 spiro atoms. The van der Waals surface area contributed by atoms with Crippen molar-refractivity contribution < 1.29 is 22.0 Å². The molecule has 1 aromatic heterocycles. The van der Waals surface area contributed by atoms with Gasteiger partial charge in [-0.15, -0.1) is 10.2 Å². The number of sulfonamides is 1. The molecule has 0 bridgehead atoms. The average Bonchev–Trinajstić information content (AvgIpc) is 3.26. The Bertz CT molecular complexity index is 1170. The first kappa shape index (κ1) is 21.7. The number of aromatic nitrogens is 2. The number of piperidine rings is 1. The third-order valence-corrected chi connectivity index (χ3v) is 7.26. The maximum Gasteiger partial charge on any atom is 0.247 e. The Morgan fingerprint density at radius 2 is 2.00 bits per heavy atom. The fraction of sp³-hybridized carbons (Fsp3) is 0.333. The largest absolute Gasteiger partial charge is 0.492 e. The van der Waals surface area contributed by atoms with E-state index in [9.17, 15) is 12.8 Å². The highest BCUT2D eigenvalue weighted by molar-refractivity contribution is 7.89. The number of hydrogen-bond acceptors (Lipinski definition) is 6. The van der Waals surface area contributed by atoms with Crippen LogP contribution in [0.25, 0.3) is 11.5 Å². The Hall–Kier alpha value is -2.49. The lowest BCUT2D eigenvalue weighted by Crippen LogP contribution is -2.39. The van der Waals surface area contributed by atoms with Crippen molar-refractivity contribution in [1.29, 1.82) is 0 Å². The SMILES string of the molecule is CCOc1ccc(S(=O)(=O)N2CCC[C@@H](c3nnc(-c4ccc(F)cc4)o3)C2)cc1Cl. The summed E-state index contributed by atoms with van der Waals surface area (Å²) in [4.78, 5) is 0.110. The van der Waals surface area contributed by atoms with Crippen LogP contribution in [0.4, 0.5) is 4.39 Å². The van der Waals surface area contributed by atoms with Gasteiger partial charge in [0, 0.05) is 18.7 Å². The van der Waals surface area contributed by atoms with Gasteiger partial charge in [-0.25, -0.2) is 12.8 Å². The summed E-state index contributed by atoms with van der Waals surface area (Å²) in [6.45, 7) is 2.87. The zero-order valence-corrected chi connectivity index (χ0v) is 18.4. The molecule has 2 aromatic carbocycles. The predicted molar refractivity (Wildman–Crippen MR) is 113 cm³/mol. The van der Waals surface area contributed by atoms with Crippen LogP contribution in [0.2, 0.25) is 5.02 Å². The number of ether oxygens (including phenoxy) is 1. The molecule has 0 radical (unpaired) electrons. The van der Waals surface area contributed by atoms with Crippen LogP contribution in [0.3, 0.4) is 0 Å². The maximum absolute atomic E-state index is 13.2. The van der Waals surface area contributed by atoms with Crippen LogP contribution in [0, 0.1) is 5.82 Å². The van der Waals surface area contributed by atoms with Gasteiger partial charge in [0.25, 0.3) is 0 Å². The normalized spacial score (nSPS) is 17.6. The summed E-state index contributed by atoms with van der Waals surface area (Å²) in [5, 5.41) is 8.39. The Morgan fingerprint density at radius 3 is 2.71 bits per heavy atom. The van der Waals surface area contributed by atoms with Crippen molar-refractivity contribution in [2.24, 2.45) is 0 Å². The lowest BCUT2D eigenvalue weighted by atomic mass is 10.00. The van der Waals surface area contributed by atoms with Gasteiger partial charge in [-0.3, -0.25) is 0 Å². The highest BCUT2D eigenvalue weighted by atomic mass is 35.5. The monoisotopic (exact) mass is 465 g/mol. The number of nitrogens with zero attached hydrogens (tertiary/aromatic N) is 3. The third kappa shape index (κ3) is 4.58. The van der Waals surface area contributed by atoms with Crippen LogP contribution < -0.4 is 4.74 Å².